The molecule has 5 rings (SSSR count). The fraction of sp³-hybridized carbons (Fsp3) is 0. The molecule has 0 radical (unpaired) electrons. The van der Waals surface area contributed by atoms with Gasteiger partial charge in [0.1, 0.15) is 23.8 Å². The van der Waals surface area contributed by atoms with Crippen molar-refractivity contribution in [2.24, 2.45) is 0 Å². The van der Waals surface area contributed by atoms with Crippen molar-refractivity contribution in [3.63, 3.8) is 0 Å². The number of hydrogen-bond donors (Lipinski definition) is 0. The molecule has 0 unspecified atom stereocenters. The number of nitriles is 4. The van der Waals surface area contributed by atoms with Gasteiger partial charge in [-0.05, 0) is 27.8 Å². The number of benzene rings is 3. The first-order valence-electron chi connectivity index (χ1n) is 11.5. The van der Waals surface area contributed by atoms with E-state index in [0.29, 0.717) is 11.1 Å². The molecule has 3 aromatic rings. The number of hydrogen-bond acceptors (Lipinski definition) is 4. The summed E-state index contributed by atoms with van der Waals surface area (Å²) in [7, 11) is 0. The molecule has 6 nitrogen and oxygen atoms in total. The Morgan fingerprint density at radius 1 is 0.550 bits per heavy atom. The molecule has 0 heterocycles. The van der Waals surface area contributed by atoms with E-state index in [1.807, 2.05) is 12.1 Å². The van der Waals surface area contributed by atoms with Crippen molar-refractivity contribution >= 4 is 22.3 Å². The summed E-state index contributed by atoms with van der Waals surface area (Å²) in [5.41, 5.74) is -2.28. The van der Waals surface area contributed by atoms with Crippen molar-refractivity contribution in [3.05, 3.63) is 129 Å². The summed E-state index contributed by atoms with van der Waals surface area (Å²) in [6.45, 7) is 15.1. The number of halogens is 2. The van der Waals surface area contributed by atoms with Crippen LogP contribution in [0.1, 0.15) is 22.3 Å². The SMILES string of the molecule is [C-]#[N+]/C(C#N)=C1\C(F)=C(C#N)c2c1c(-c1ccccc1)c1c(c2-c2ccccc2)C(C#N)=C(F)/C1=C(\C#N)[N+]#[C-]. The third-order valence-electron chi connectivity index (χ3n) is 6.64. The van der Waals surface area contributed by atoms with Crippen LogP contribution in [0.5, 0.6) is 0 Å². The van der Waals surface area contributed by atoms with Gasteiger partial charge in [0.05, 0.1) is 36.4 Å². The van der Waals surface area contributed by atoms with Crippen LogP contribution in [0.25, 0.3) is 54.2 Å². The normalized spacial score (nSPS) is 15.5. The summed E-state index contributed by atoms with van der Waals surface area (Å²) >= 11 is 0. The van der Waals surface area contributed by atoms with Gasteiger partial charge in [-0.3, -0.25) is 0 Å². The molecular formula is C32H10F2N6. The van der Waals surface area contributed by atoms with E-state index >= 15 is 8.78 Å². The Balaban J connectivity index is 2.23. The molecule has 3 aromatic carbocycles. The average molecular weight is 516 g/mol. The lowest BCUT2D eigenvalue weighted by Gasteiger charge is -2.22. The smallest absolute Gasteiger partial charge is 0.226 e. The molecule has 2 aliphatic carbocycles. The lowest BCUT2D eigenvalue weighted by atomic mass is 9.79. The highest BCUT2D eigenvalue weighted by Crippen LogP contribution is 2.59. The molecule has 0 amide bonds. The van der Waals surface area contributed by atoms with Crippen molar-refractivity contribution in [1.29, 1.82) is 21.0 Å². The number of nitrogens with zero attached hydrogens (tertiary/aromatic N) is 6. The van der Waals surface area contributed by atoms with Crippen molar-refractivity contribution in [2.45, 2.75) is 0 Å². The van der Waals surface area contributed by atoms with Gasteiger partial charge in [-0.25, -0.2) is 29.0 Å². The third-order valence-corrected chi connectivity index (χ3v) is 6.64. The summed E-state index contributed by atoms with van der Waals surface area (Å²) in [6.07, 6.45) is 0. The largest absolute Gasteiger partial charge is 0.272 e. The molecule has 2 aliphatic rings. The zero-order valence-electron chi connectivity index (χ0n) is 20.2. The minimum atomic E-state index is -1.11. The fourth-order valence-corrected chi connectivity index (χ4v) is 5.15. The van der Waals surface area contributed by atoms with E-state index in [0.717, 1.165) is 0 Å². The van der Waals surface area contributed by atoms with E-state index in [2.05, 4.69) is 9.69 Å². The topological polar surface area (TPSA) is 104 Å². The second-order valence-corrected chi connectivity index (χ2v) is 8.48. The lowest BCUT2D eigenvalue weighted by Crippen LogP contribution is -2.04. The highest BCUT2D eigenvalue weighted by Gasteiger charge is 2.43. The van der Waals surface area contributed by atoms with Crippen LogP contribution in [0.15, 0.2) is 83.7 Å². The number of allylic oxidation sites excluding steroid dienone is 8. The van der Waals surface area contributed by atoms with Crippen molar-refractivity contribution in [2.75, 3.05) is 0 Å². The highest BCUT2D eigenvalue weighted by molar-refractivity contribution is 6.20. The monoisotopic (exact) mass is 516 g/mol. The molecule has 0 aromatic heterocycles. The standard InChI is InChI=1S/C32H10F2N6/c1-39-21(15-37)27-29-24(18-11-7-4-8-12-18)30-26(20(14-36)32(34)28(30)22(16-38)40-2)23(17-9-5-3-6-10-17)25(29)19(13-35)31(27)33/h3-12H/b27-21-,28-22+. The number of rotatable bonds is 2. The van der Waals surface area contributed by atoms with E-state index in [4.69, 9.17) is 13.1 Å². The Morgan fingerprint density at radius 2 is 0.900 bits per heavy atom. The predicted octanol–water partition coefficient (Wildman–Crippen LogP) is 7.76. The first-order valence-corrected chi connectivity index (χ1v) is 11.5. The first-order chi connectivity index (χ1) is 19.5. The van der Waals surface area contributed by atoms with Crippen LogP contribution in [-0.4, -0.2) is 0 Å². The van der Waals surface area contributed by atoms with E-state index < -0.39 is 45.3 Å². The highest BCUT2D eigenvalue weighted by atomic mass is 19.1. The molecule has 0 fully saturated rings. The number of fused-ring (bicyclic) bond motifs is 2. The molecule has 8 heteroatoms. The van der Waals surface area contributed by atoms with Crippen LogP contribution in [0, 0.1) is 58.5 Å². The molecule has 182 valence electrons. The van der Waals surface area contributed by atoms with Gasteiger partial charge in [0.15, 0.2) is 0 Å². The summed E-state index contributed by atoms with van der Waals surface area (Å²) in [6, 6.07) is 23.6. The van der Waals surface area contributed by atoms with Gasteiger partial charge >= 0.3 is 0 Å². The van der Waals surface area contributed by atoms with Crippen LogP contribution in [0.4, 0.5) is 8.78 Å². The van der Waals surface area contributed by atoms with Gasteiger partial charge < -0.3 is 0 Å². The zero-order chi connectivity index (χ0) is 28.6. The average Bonchev–Trinajstić information content (AvgIpc) is 3.44. The Morgan fingerprint density at radius 3 is 1.20 bits per heavy atom. The molecule has 0 atom stereocenters. The molecular weight excluding hydrogens is 506 g/mol. The summed E-state index contributed by atoms with van der Waals surface area (Å²) < 4.78 is 32.3. The molecule has 0 aliphatic heterocycles. The van der Waals surface area contributed by atoms with Gasteiger partial charge in [-0.1, -0.05) is 60.7 Å². The maximum atomic E-state index is 16.1. The Bertz CT molecular complexity index is 1920. The Labute approximate surface area is 227 Å². The van der Waals surface area contributed by atoms with Crippen molar-refractivity contribution < 1.29 is 8.78 Å². The second kappa shape index (κ2) is 9.71. The van der Waals surface area contributed by atoms with E-state index in [-0.39, 0.29) is 33.4 Å². The fourth-order valence-electron chi connectivity index (χ4n) is 5.15. The van der Waals surface area contributed by atoms with Crippen molar-refractivity contribution in [3.8, 4) is 46.5 Å². The van der Waals surface area contributed by atoms with Gasteiger partial charge in [-0.15, -0.1) is 0 Å². The summed E-state index contributed by atoms with van der Waals surface area (Å²) in [5, 5.41) is 39.8. The summed E-state index contributed by atoms with van der Waals surface area (Å²) in [5.74, 6) is -2.22. The Hall–Kier alpha value is -6.58. The van der Waals surface area contributed by atoms with E-state index in [9.17, 15) is 21.0 Å². The van der Waals surface area contributed by atoms with Gasteiger partial charge in [0.2, 0.25) is 0 Å². The molecule has 0 saturated carbocycles. The molecule has 0 N–H and O–H groups in total. The van der Waals surface area contributed by atoms with Crippen LogP contribution in [0.2, 0.25) is 0 Å². The summed E-state index contributed by atoms with van der Waals surface area (Å²) in [4.78, 5) is 6.41. The lowest BCUT2D eigenvalue weighted by molar-refractivity contribution is 0.681. The van der Waals surface area contributed by atoms with Crippen molar-refractivity contribution in [1.82, 2.24) is 0 Å². The molecule has 0 saturated heterocycles. The zero-order valence-corrected chi connectivity index (χ0v) is 20.2. The third kappa shape index (κ3) is 3.33. The first kappa shape index (κ1) is 25.1. The minimum absolute atomic E-state index is 0.0154. The predicted molar refractivity (Wildman–Crippen MR) is 143 cm³/mol. The van der Waals surface area contributed by atoms with Crippen LogP contribution in [0.3, 0.4) is 0 Å². The van der Waals surface area contributed by atoms with Gasteiger partial charge in [0.25, 0.3) is 11.4 Å². The van der Waals surface area contributed by atoms with Gasteiger partial charge in [-0.2, -0.15) is 10.5 Å². The molecule has 0 spiro atoms. The second-order valence-electron chi connectivity index (χ2n) is 8.48. The minimum Gasteiger partial charge on any atom is -0.226 e. The van der Waals surface area contributed by atoms with Crippen LogP contribution >= 0.6 is 0 Å². The quantitative estimate of drug-likeness (QED) is 0.256. The maximum absolute atomic E-state index is 16.1. The van der Waals surface area contributed by atoms with Gasteiger partial charge in [0, 0.05) is 27.8 Å². The maximum Gasteiger partial charge on any atom is 0.272 e. The van der Waals surface area contributed by atoms with Crippen LogP contribution < -0.4 is 0 Å². The Kier molecular flexibility index (Phi) is 6.09. The molecule has 40 heavy (non-hydrogen) atoms. The molecule has 0 bridgehead atoms. The van der Waals surface area contributed by atoms with E-state index in [1.165, 1.54) is 0 Å². The van der Waals surface area contributed by atoms with E-state index in [1.54, 1.807) is 72.8 Å². The van der Waals surface area contributed by atoms with Crippen LogP contribution in [-0.2, 0) is 0 Å².